The molecule has 1 saturated heterocycles. The summed E-state index contributed by atoms with van der Waals surface area (Å²) in [6.07, 6.45) is 0.175. The number of amides is 2. The van der Waals surface area contributed by atoms with Gasteiger partial charge in [-0.3, -0.25) is 9.59 Å². The van der Waals surface area contributed by atoms with Crippen LogP contribution in [-0.2, 0) is 9.59 Å². The molecule has 3 rings (SSSR count). The lowest BCUT2D eigenvalue weighted by Gasteiger charge is -2.16. The van der Waals surface area contributed by atoms with Crippen molar-refractivity contribution in [3.8, 4) is 0 Å². The number of hydrogen-bond acceptors (Lipinski definition) is 5. The predicted octanol–water partition coefficient (Wildman–Crippen LogP) is 3.31. The molecule has 1 aromatic heterocycles. The number of carbonyl (C=O) groups is 2. The Kier molecular flexibility index (Phi) is 4.82. The van der Waals surface area contributed by atoms with Gasteiger partial charge < -0.3 is 10.2 Å². The van der Waals surface area contributed by atoms with E-state index in [1.54, 1.807) is 23.1 Å². The van der Waals surface area contributed by atoms with Crippen LogP contribution in [0.15, 0.2) is 24.3 Å². The fourth-order valence-corrected chi connectivity index (χ4v) is 3.44. The molecule has 8 heteroatoms. The molecule has 0 bridgehead atoms. The Balaban J connectivity index is 1.67. The average Bonchev–Trinajstić information content (AvgIpc) is 3.14. The van der Waals surface area contributed by atoms with Gasteiger partial charge in [-0.1, -0.05) is 42.9 Å². The Morgan fingerprint density at radius 2 is 2.21 bits per heavy atom. The molecular weight excluding hydrogens is 348 g/mol. The first-order chi connectivity index (χ1) is 11.4. The summed E-state index contributed by atoms with van der Waals surface area (Å²) in [5.74, 6) is -0.445. The number of rotatable bonds is 4. The van der Waals surface area contributed by atoms with Crippen LogP contribution in [0.5, 0.6) is 0 Å². The topological polar surface area (TPSA) is 75.2 Å². The van der Waals surface area contributed by atoms with Crippen LogP contribution in [0.2, 0.25) is 5.02 Å². The summed E-state index contributed by atoms with van der Waals surface area (Å²) < 4.78 is 0. The van der Waals surface area contributed by atoms with Crippen molar-refractivity contribution in [2.45, 2.75) is 26.2 Å². The largest absolute Gasteiger partial charge is 0.312 e. The summed E-state index contributed by atoms with van der Waals surface area (Å²) >= 11 is 7.33. The van der Waals surface area contributed by atoms with E-state index in [4.69, 9.17) is 11.6 Å². The second kappa shape index (κ2) is 6.86. The minimum Gasteiger partial charge on any atom is -0.312 e. The number of aromatic nitrogens is 2. The molecule has 2 heterocycles. The number of halogens is 1. The second-order valence-corrected chi connectivity index (χ2v) is 7.42. The van der Waals surface area contributed by atoms with E-state index in [1.165, 1.54) is 11.3 Å². The molecule has 2 aromatic rings. The fraction of sp³-hybridized carbons (Fsp3) is 0.375. The Labute approximate surface area is 148 Å². The van der Waals surface area contributed by atoms with E-state index < -0.39 is 5.92 Å². The molecule has 1 atom stereocenters. The Morgan fingerprint density at radius 3 is 2.88 bits per heavy atom. The smallest absolute Gasteiger partial charge is 0.231 e. The highest BCUT2D eigenvalue weighted by molar-refractivity contribution is 7.15. The number of benzene rings is 1. The molecule has 1 fully saturated rings. The number of nitrogens with one attached hydrogen (secondary N) is 1. The molecule has 0 unspecified atom stereocenters. The van der Waals surface area contributed by atoms with E-state index in [1.807, 2.05) is 19.9 Å². The summed E-state index contributed by atoms with van der Waals surface area (Å²) in [6, 6.07) is 7.06. The van der Waals surface area contributed by atoms with Gasteiger partial charge in [0.1, 0.15) is 5.01 Å². The predicted molar refractivity (Wildman–Crippen MR) is 94.5 cm³/mol. The Bertz CT molecular complexity index is 777. The van der Waals surface area contributed by atoms with Gasteiger partial charge in [-0.15, -0.1) is 10.2 Å². The Morgan fingerprint density at radius 1 is 1.42 bits per heavy atom. The van der Waals surface area contributed by atoms with Crippen molar-refractivity contribution in [1.29, 1.82) is 0 Å². The van der Waals surface area contributed by atoms with Crippen molar-refractivity contribution in [3.05, 3.63) is 34.3 Å². The molecule has 1 aliphatic rings. The molecule has 0 saturated carbocycles. The third-order valence-corrected chi connectivity index (χ3v) is 5.15. The maximum atomic E-state index is 12.4. The molecular formula is C16H17ClN4O2S. The van der Waals surface area contributed by atoms with Crippen molar-refractivity contribution in [2.75, 3.05) is 16.8 Å². The zero-order valence-corrected chi connectivity index (χ0v) is 14.9. The van der Waals surface area contributed by atoms with Crippen LogP contribution in [0, 0.1) is 5.92 Å². The van der Waals surface area contributed by atoms with Crippen LogP contribution < -0.4 is 10.2 Å². The fourth-order valence-electron chi connectivity index (χ4n) is 2.50. The number of carbonyl (C=O) groups excluding carboxylic acids is 2. The summed E-state index contributed by atoms with van der Waals surface area (Å²) in [5, 5.41) is 12.7. The lowest BCUT2D eigenvalue weighted by molar-refractivity contribution is -0.122. The minimum atomic E-state index is -0.414. The van der Waals surface area contributed by atoms with Gasteiger partial charge in [-0.05, 0) is 18.2 Å². The van der Waals surface area contributed by atoms with Gasteiger partial charge in [0.15, 0.2) is 0 Å². The Hall–Kier alpha value is -1.99. The summed E-state index contributed by atoms with van der Waals surface area (Å²) in [4.78, 5) is 26.2. The van der Waals surface area contributed by atoms with Gasteiger partial charge in [0.05, 0.1) is 5.92 Å². The van der Waals surface area contributed by atoms with Crippen LogP contribution in [0.4, 0.5) is 10.8 Å². The van der Waals surface area contributed by atoms with Crippen LogP contribution >= 0.6 is 22.9 Å². The van der Waals surface area contributed by atoms with Gasteiger partial charge in [0, 0.05) is 29.6 Å². The molecule has 1 N–H and O–H groups in total. The summed E-state index contributed by atoms with van der Waals surface area (Å²) in [7, 11) is 0. The van der Waals surface area contributed by atoms with Gasteiger partial charge in [0.25, 0.3) is 0 Å². The first kappa shape index (κ1) is 16.9. The maximum Gasteiger partial charge on any atom is 0.231 e. The van der Waals surface area contributed by atoms with Crippen molar-refractivity contribution in [3.63, 3.8) is 0 Å². The molecule has 2 amide bonds. The zero-order valence-electron chi connectivity index (χ0n) is 13.3. The first-order valence-electron chi connectivity index (χ1n) is 7.64. The normalized spacial score (nSPS) is 17.6. The van der Waals surface area contributed by atoms with Crippen LogP contribution in [0.3, 0.4) is 0 Å². The van der Waals surface area contributed by atoms with E-state index >= 15 is 0 Å². The summed E-state index contributed by atoms with van der Waals surface area (Å²) in [6.45, 7) is 4.37. The van der Waals surface area contributed by atoms with E-state index in [0.29, 0.717) is 22.4 Å². The highest BCUT2D eigenvalue weighted by Gasteiger charge is 2.35. The molecule has 6 nitrogen and oxygen atoms in total. The van der Waals surface area contributed by atoms with Gasteiger partial charge in [-0.25, -0.2) is 0 Å². The average molecular weight is 365 g/mol. The molecule has 1 aliphatic heterocycles. The molecule has 0 aliphatic carbocycles. The highest BCUT2D eigenvalue weighted by atomic mass is 35.5. The number of nitrogens with zero attached hydrogens (tertiary/aromatic N) is 3. The van der Waals surface area contributed by atoms with Gasteiger partial charge in [0.2, 0.25) is 16.9 Å². The van der Waals surface area contributed by atoms with Crippen molar-refractivity contribution in [2.24, 2.45) is 5.92 Å². The third-order valence-electron chi connectivity index (χ3n) is 3.78. The van der Waals surface area contributed by atoms with Gasteiger partial charge in [-0.2, -0.15) is 0 Å². The lowest BCUT2D eigenvalue weighted by atomic mass is 10.1. The monoisotopic (exact) mass is 364 g/mol. The zero-order chi connectivity index (χ0) is 17.3. The minimum absolute atomic E-state index is 0.0856. The quantitative estimate of drug-likeness (QED) is 0.903. The van der Waals surface area contributed by atoms with E-state index in [-0.39, 0.29) is 24.2 Å². The van der Waals surface area contributed by atoms with E-state index in [0.717, 1.165) is 5.01 Å². The van der Waals surface area contributed by atoms with E-state index in [9.17, 15) is 9.59 Å². The van der Waals surface area contributed by atoms with Gasteiger partial charge >= 0.3 is 0 Å². The van der Waals surface area contributed by atoms with Crippen LogP contribution in [0.1, 0.15) is 31.2 Å². The van der Waals surface area contributed by atoms with Crippen molar-refractivity contribution in [1.82, 2.24) is 10.2 Å². The SMILES string of the molecule is CC(C)c1nnc(NC(=O)[C@@H]2CC(=O)N(c3cccc(Cl)c3)C2)s1. The van der Waals surface area contributed by atoms with Crippen molar-refractivity contribution >= 4 is 45.6 Å². The standard InChI is InChI=1S/C16H17ClN4O2S/c1-9(2)15-19-20-16(24-15)18-14(23)10-6-13(22)21(8-10)12-5-3-4-11(17)7-12/h3-5,7,9-10H,6,8H2,1-2H3,(H,18,20,23)/t10-/m1/s1. The molecule has 0 spiro atoms. The van der Waals surface area contributed by atoms with Crippen molar-refractivity contribution < 1.29 is 9.59 Å². The van der Waals surface area contributed by atoms with Crippen LogP contribution in [-0.4, -0.2) is 28.6 Å². The summed E-state index contributed by atoms with van der Waals surface area (Å²) in [5.41, 5.74) is 0.709. The maximum absolute atomic E-state index is 12.4. The number of hydrogen-bond donors (Lipinski definition) is 1. The number of anilines is 2. The van der Waals surface area contributed by atoms with Crippen LogP contribution in [0.25, 0.3) is 0 Å². The molecule has 0 radical (unpaired) electrons. The lowest BCUT2D eigenvalue weighted by Crippen LogP contribution is -2.28. The van der Waals surface area contributed by atoms with E-state index in [2.05, 4.69) is 15.5 Å². The first-order valence-corrected chi connectivity index (χ1v) is 8.83. The molecule has 1 aromatic carbocycles. The third kappa shape index (κ3) is 3.57. The second-order valence-electron chi connectivity index (χ2n) is 5.97. The highest BCUT2D eigenvalue weighted by Crippen LogP contribution is 2.28. The molecule has 24 heavy (non-hydrogen) atoms. The molecule has 126 valence electrons.